The SMILES string of the molecule is Cc1nc(C)n(CC2CN(C/C=C/c3ccccc3)CCO2)n1. The molecule has 1 aromatic carbocycles. The molecule has 0 aliphatic carbocycles. The first-order chi connectivity index (χ1) is 11.2. The highest BCUT2D eigenvalue weighted by atomic mass is 16.5. The summed E-state index contributed by atoms with van der Waals surface area (Å²) in [5.41, 5.74) is 1.24. The number of benzene rings is 1. The summed E-state index contributed by atoms with van der Waals surface area (Å²) in [5, 5.41) is 4.42. The van der Waals surface area contributed by atoms with Gasteiger partial charge < -0.3 is 4.74 Å². The second kappa shape index (κ2) is 7.53. The highest BCUT2D eigenvalue weighted by Gasteiger charge is 2.21. The minimum atomic E-state index is 0.175. The second-order valence-electron chi connectivity index (χ2n) is 5.95. The van der Waals surface area contributed by atoms with E-state index < -0.39 is 0 Å². The van der Waals surface area contributed by atoms with Crippen molar-refractivity contribution in [3.05, 3.63) is 53.6 Å². The molecule has 0 spiro atoms. The monoisotopic (exact) mass is 312 g/mol. The van der Waals surface area contributed by atoms with Gasteiger partial charge >= 0.3 is 0 Å². The van der Waals surface area contributed by atoms with Crippen LogP contribution >= 0.6 is 0 Å². The van der Waals surface area contributed by atoms with Crippen LogP contribution in [-0.2, 0) is 11.3 Å². The predicted octanol–water partition coefficient (Wildman–Crippen LogP) is 2.31. The smallest absolute Gasteiger partial charge is 0.147 e. The molecule has 1 fully saturated rings. The average molecular weight is 312 g/mol. The molecule has 5 heteroatoms. The molecule has 3 rings (SSSR count). The second-order valence-corrected chi connectivity index (χ2v) is 5.95. The number of hydrogen-bond acceptors (Lipinski definition) is 4. The number of hydrogen-bond donors (Lipinski definition) is 0. The summed E-state index contributed by atoms with van der Waals surface area (Å²) in [6.07, 6.45) is 4.58. The normalized spacial score (nSPS) is 19.5. The molecule has 1 aliphatic heterocycles. The molecule has 23 heavy (non-hydrogen) atoms. The molecule has 2 aromatic rings. The topological polar surface area (TPSA) is 43.2 Å². The first-order valence-electron chi connectivity index (χ1n) is 8.14. The van der Waals surface area contributed by atoms with Crippen molar-refractivity contribution in [2.45, 2.75) is 26.5 Å². The van der Waals surface area contributed by atoms with E-state index in [-0.39, 0.29) is 6.10 Å². The Morgan fingerprint density at radius 2 is 2.09 bits per heavy atom. The van der Waals surface area contributed by atoms with Gasteiger partial charge in [0.1, 0.15) is 11.6 Å². The van der Waals surface area contributed by atoms with Crippen molar-refractivity contribution in [2.24, 2.45) is 0 Å². The van der Waals surface area contributed by atoms with Gasteiger partial charge in [-0.1, -0.05) is 42.5 Å². The van der Waals surface area contributed by atoms with Crippen LogP contribution in [0.3, 0.4) is 0 Å². The summed E-state index contributed by atoms with van der Waals surface area (Å²) >= 11 is 0. The third kappa shape index (κ3) is 4.50. The number of aryl methyl sites for hydroxylation is 2. The lowest BCUT2D eigenvalue weighted by Gasteiger charge is -2.32. The van der Waals surface area contributed by atoms with Crippen molar-refractivity contribution in [2.75, 3.05) is 26.2 Å². The number of aromatic nitrogens is 3. The van der Waals surface area contributed by atoms with Crippen LogP contribution in [0, 0.1) is 13.8 Å². The zero-order valence-electron chi connectivity index (χ0n) is 13.9. The summed E-state index contributed by atoms with van der Waals surface area (Å²) in [5.74, 6) is 1.77. The predicted molar refractivity (Wildman–Crippen MR) is 91.2 cm³/mol. The van der Waals surface area contributed by atoms with Gasteiger partial charge in [0, 0.05) is 19.6 Å². The van der Waals surface area contributed by atoms with Crippen molar-refractivity contribution in [3.8, 4) is 0 Å². The molecule has 122 valence electrons. The van der Waals surface area contributed by atoms with Crippen molar-refractivity contribution in [1.82, 2.24) is 19.7 Å². The lowest BCUT2D eigenvalue weighted by atomic mass is 10.2. The van der Waals surface area contributed by atoms with Crippen LogP contribution < -0.4 is 0 Å². The van der Waals surface area contributed by atoms with Crippen molar-refractivity contribution < 1.29 is 4.74 Å². The van der Waals surface area contributed by atoms with E-state index in [0.717, 1.165) is 44.4 Å². The zero-order chi connectivity index (χ0) is 16.1. The molecule has 5 nitrogen and oxygen atoms in total. The Kier molecular flexibility index (Phi) is 5.20. The molecule has 0 saturated carbocycles. The van der Waals surface area contributed by atoms with Crippen LogP contribution in [0.5, 0.6) is 0 Å². The van der Waals surface area contributed by atoms with Crippen LogP contribution in [0.2, 0.25) is 0 Å². The Hall–Kier alpha value is -1.98. The van der Waals surface area contributed by atoms with Crippen LogP contribution in [0.1, 0.15) is 17.2 Å². The van der Waals surface area contributed by atoms with E-state index in [4.69, 9.17) is 4.74 Å². The van der Waals surface area contributed by atoms with Crippen LogP contribution in [0.15, 0.2) is 36.4 Å². The first-order valence-corrected chi connectivity index (χ1v) is 8.14. The fourth-order valence-corrected chi connectivity index (χ4v) is 2.89. The van der Waals surface area contributed by atoms with Gasteiger partial charge in [-0.25, -0.2) is 9.67 Å². The summed E-state index contributed by atoms with van der Waals surface area (Å²) in [6.45, 7) is 8.31. The van der Waals surface area contributed by atoms with E-state index in [1.54, 1.807) is 0 Å². The summed E-state index contributed by atoms with van der Waals surface area (Å²) < 4.78 is 7.83. The van der Waals surface area contributed by atoms with Crippen LogP contribution in [0.25, 0.3) is 6.08 Å². The van der Waals surface area contributed by atoms with Gasteiger partial charge in [0.15, 0.2) is 0 Å². The molecule has 1 aliphatic rings. The number of nitrogens with zero attached hydrogens (tertiary/aromatic N) is 4. The van der Waals surface area contributed by atoms with Gasteiger partial charge in [-0.3, -0.25) is 4.90 Å². The van der Waals surface area contributed by atoms with E-state index in [9.17, 15) is 0 Å². The van der Waals surface area contributed by atoms with Crippen molar-refractivity contribution in [3.63, 3.8) is 0 Å². The maximum Gasteiger partial charge on any atom is 0.147 e. The Morgan fingerprint density at radius 1 is 1.26 bits per heavy atom. The Morgan fingerprint density at radius 3 is 2.83 bits per heavy atom. The molecule has 0 bridgehead atoms. The lowest BCUT2D eigenvalue weighted by molar-refractivity contribution is -0.0341. The van der Waals surface area contributed by atoms with Gasteiger partial charge in [-0.15, -0.1) is 0 Å². The lowest BCUT2D eigenvalue weighted by Crippen LogP contribution is -2.44. The van der Waals surface area contributed by atoms with Gasteiger partial charge in [0.05, 0.1) is 19.3 Å². The highest BCUT2D eigenvalue weighted by Crippen LogP contribution is 2.09. The van der Waals surface area contributed by atoms with E-state index in [0.29, 0.717) is 0 Å². The highest BCUT2D eigenvalue weighted by molar-refractivity contribution is 5.48. The van der Waals surface area contributed by atoms with Crippen LogP contribution in [-0.4, -0.2) is 52.0 Å². The van der Waals surface area contributed by atoms with Crippen molar-refractivity contribution >= 4 is 6.08 Å². The van der Waals surface area contributed by atoms with E-state index >= 15 is 0 Å². The molecule has 1 atom stereocenters. The summed E-state index contributed by atoms with van der Waals surface area (Å²) in [6, 6.07) is 10.4. The van der Waals surface area contributed by atoms with Crippen LogP contribution in [0.4, 0.5) is 0 Å². The van der Waals surface area contributed by atoms with Gasteiger partial charge in [0.25, 0.3) is 0 Å². The molecule has 1 unspecified atom stereocenters. The maximum atomic E-state index is 5.89. The first kappa shape index (κ1) is 15.9. The quantitative estimate of drug-likeness (QED) is 0.850. The minimum Gasteiger partial charge on any atom is -0.374 e. The molecule has 1 aromatic heterocycles. The third-order valence-electron chi connectivity index (χ3n) is 4.04. The third-order valence-corrected chi connectivity index (χ3v) is 4.04. The number of morpholine rings is 1. The summed E-state index contributed by atoms with van der Waals surface area (Å²) in [7, 11) is 0. The molecule has 0 amide bonds. The Bertz CT molecular complexity index is 650. The Balaban J connectivity index is 1.52. The number of ether oxygens (including phenoxy) is 1. The fourth-order valence-electron chi connectivity index (χ4n) is 2.89. The van der Waals surface area contributed by atoms with E-state index in [1.165, 1.54) is 5.56 Å². The van der Waals surface area contributed by atoms with Gasteiger partial charge in [0.2, 0.25) is 0 Å². The molecule has 1 saturated heterocycles. The molecule has 0 N–H and O–H groups in total. The average Bonchev–Trinajstić information content (AvgIpc) is 2.86. The molecule has 2 heterocycles. The molecular formula is C18H24N4O. The largest absolute Gasteiger partial charge is 0.374 e. The van der Waals surface area contributed by atoms with Gasteiger partial charge in [-0.2, -0.15) is 5.10 Å². The van der Waals surface area contributed by atoms with Gasteiger partial charge in [-0.05, 0) is 19.4 Å². The molecular weight excluding hydrogens is 288 g/mol. The zero-order valence-corrected chi connectivity index (χ0v) is 13.9. The van der Waals surface area contributed by atoms with E-state index in [2.05, 4.69) is 51.4 Å². The number of rotatable bonds is 5. The van der Waals surface area contributed by atoms with Crippen molar-refractivity contribution in [1.29, 1.82) is 0 Å². The maximum absolute atomic E-state index is 5.89. The fraction of sp³-hybridized carbons (Fsp3) is 0.444. The van der Waals surface area contributed by atoms with E-state index in [1.807, 2.05) is 24.6 Å². The Labute approximate surface area is 137 Å². The minimum absolute atomic E-state index is 0.175. The molecule has 0 radical (unpaired) electrons. The standard InChI is InChI=1S/C18H24N4O/c1-15-19-16(2)22(20-15)14-18-13-21(11-12-23-18)10-6-9-17-7-4-3-5-8-17/h3-9,18H,10-14H2,1-2H3/b9-6+. The summed E-state index contributed by atoms with van der Waals surface area (Å²) in [4.78, 5) is 6.77.